The molecule has 2 N–H and O–H groups in total. The predicted octanol–water partition coefficient (Wildman–Crippen LogP) is 6.57. The molecule has 8 rings (SSSR count). The Hall–Kier alpha value is -3.25. The van der Waals surface area contributed by atoms with Gasteiger partial charge in [0.05, 0.1) is 11.2 Å². The molecule has 2 saturated carbocycles. The van der Waals surface area contributed by atoms with E-state index in [2.05, 4.69) is 58.5 Å². The van der Waals surface area contributed by atoms with E-state index in [1.807, 2.05) is 12.1 Å². The summed E-state index contributed by atoms with van der Waals surface area (Å²) in [5.74, 6) is 3.10. The van der Waals surface area contributed by atoms with E-state index in [0.29, 0.717) is 23.9 Å². The smallest absolute Gasteiger partial charge is 0.254 e. The summed E-state index contributed by atoms with van der Waals surface area (Å²) in [5.41, 5.74) is 12.6. The van der Waals surface area contributed by atoms with Gasteiger partial charge in [-0.3, -0.25) is 4.79 Å². The Morgan fingerprint density at radius 1 is 1.00 bits per heavy atom. The number of hydrogen-bond acceptors (Lipinski definition) is 4. The maximum atomic E-state index is 13.5. The molecule has 2 aliphatic carbocycles. The third-order valence-corrected chi connectivity index (χ3v) is 10.6. The quantitative estimate of drug-likeness (QED) is 0.313. The van der Waals surface area contributed by atoms with Crippen molar-refractivity contribution in [2.24, 2.45) is 23.5 Å². The minimum absolute atomic E-state index is 0.158. The van der Waals surface area contributed by atoms with Gasteiger partial charge < -0.3 is 24.5 Å². The van der Waals surface area contributed by atoms with Gasteiger partial charge in [0.15, 0.2) is 5.76 Å². The van der Waals surface area contributed by atoms with E-state index in [1.54, 1.807) is 0 Å². The van der Waals surface area contributed by atoms with Crippen LogP contribution < -0.4 is 10.6 Å². The second-order valence-corrected chi connectivity index (χ2v) is 13.1. The Bertz CT molecular complexity index is 1620. The van der Waals surface area contributed by atoms with Crippen molar-refractivity contribution in [3.8, 4) is 11.5 Å². The Balaban J connectivity index is 1.17. The van der Waals surface area contributed by atoms with Gasteiger partial charge in [-0.2, -0.15) is 0 Å². The molecular formula is C34H40N4O2. The van der Waals surface area contributed by atoms with E-state index in [4.69, 9.17) is 10.2 Å². The van der Waals surface area contributed by atoms with E-state index < -0.39 is 0 Å². The Morgan fingerprint density at radius 2 is 1.82 bits per heavy atom. The molecule has 4 aliphatic rings. The van der Waals surface area contributed by atoms with Crippen molar-refractivity contribution in [3.05, 3.63) is 53.6 Å². The van der Waals surface area contributed by atoms with Gasteiger partial charge in [-0.05, 0) is 93.5 Å². The number of aryl methyl sites for hydroxylation is 1. The van der Waals surface area contributed by atoms with E-state index in [1.165, 1.54) is 35.9 Å². The van der Waals surface area contributed by atoms with Crippen molar-refractivity contribution >= 4 is 33.5 Å². The van der Waals surface area contributed by atoms with Crippen LogP contribution in [0.4, 0.5) is 5.69 Å². The monoisotopic (exact) mass is 536 g/mol. The number of carbonyl (C=O) groups excluding carboxylic acids is 1. The first kappa shape index (κ1) is 24.5. The fourth-order valence-corrected chi connectivity index (χ4v) is 7.85. The molecule has 2 aromatic carbocycles. The summed E-state index contributed by atoms with van der Waals surface area (Å²) in [6.07, 6.45) is 7.09. The van der Waals surface area contributed by atoms with Gasteiger partial charge >= 0.3 is 0 Å². The summed E-state index contributed by atoms with van der Waals surface area (Å²) in [6, 6.07) is 16.0. The molecular weight excluding hydrogens is 496 g/mol. The van der Waals surface area contributed by atoms with Crippen molar-refractivity contribution in [1.29, 1.82) is 0 Å². The number of nitrogens with zero attached hydrogens (tertiary/aromatic N) is 3. The van der Waals surface area contributed by atoms with Crippen LogP contribution in [-0.2, 0) is 6.54 Å². The molecule has 0 radical (unpaired) electrons. The summed E-state index contributed by atoms with van der Waals surface area (Å²) >= 11 is 0. The van der Waals surface area contributed by atoms with E-state index in [0.717, 1.165) is 84.9 Å². The van der Waals surface area contributed by atoms with Crippen LogP contribution in [-0.4, -0.2) is 47.1 Å². The number of fused-ring (bicyclic) bond motifs is 4. The number of carbonyl (C=O) groups is 1. The molecule has 2 unspecified atom stereocenters. The van der Waals surface area contributed by atoms with Gasteiger partial charge in [0.25, 0.3) is 5.91 Å². The van der Waals surface area contributed by atoms with Crippen LogP contribution in [0.2, 0.25) is 0 Å². The highest BCUT2D eigenvalue weighted by atomic mass is 16.3. The van der Waals surface area contributed by atoms with Gasteiger partial charge in [0, 0.05) is 65.8 Å². The molecule has 6 nitrogen and oxygen atoms in total. The number of hydrogen-bond donors (Lipinski definition) is 1. The largest absolute Gasteiger partial charge is 0.454 e. The summed E-state index contributed by atoms with van der Waals surface area (Å²) < 4.78 is 9.13. The van der Waals surface area contributed by atoms with E-state index in [9.17, 15) is 4.79 Å². The van der Waals surface area contributed by atoms with E-state index in [-0.39, 0.29) is 5.91 Å². The van der Waals surface area contributed by atoms with Crippen LogP contribution in [0.25, 0.3) is 33.3 Å². The number of nitrogens with two attached hydrogens (primary N) is 1. The molecule has 3 atom stereocenters. The maximum absolute atomic E-state index is 13.5. The first-order valence-electron chi connectivity index (χ1n) is 15.4. The second kappa shape index (κ2) is 9.13. The van der Waals surface area contributed by atoms with Gasteiger partial charge in [0.1, 0.15) is 5.58 Å². The zero-order chi connectivity index (χ0) is 27.1. The first-order valence-corrected chi connectivity index (χ1v) is 15.4. The second-order valence-electron chi connectivity index (χ2n) is 13.1. The number of anilines is 1. The average Bonchev–Trinajstić information content (AvgIpc) is 3.38. The SMILES string of the molecule is Cc1c(-c2cc3ccc(N4CCC(N)CC4)cc3n2CC2CC2)oc2cc(C(=O)N3CC4CCC3[C@@H]4C)ccc12. The molecule has 4 aromatic rings. The van der Waals surface area contributed by atoms with Gasteiger partial charge in [-0.25, -0.2) is 0 Å². The lowest BCUT2D eigenvalue weighted by Gasteiger charge is -2.32. The van der Waals surface area contributed by atoms with Crippen LogP contribution in [0.15, 0.2) is 46.9 Å². The number of piperidine rings is 2. The van der Waals surface area contributed by atoms with Crippen LogP contribution in [0.3, 0.4) is 0 Å². The van der Waals surface area contributed by atoms with Gasteiger partial charge in [0.2, 0.25) is 0 Å². The molecule has 1 amide bonds. The van der Waals surface area contributed by atoms with Gasteiger partial charge in [-0.15, -0.1) is 0 Å². The lowest BCUT2D eigenvalue weighted by molar-refractivity contribution is 0.0696. The highest BCUT2D eigenvalue weighted by Crippen LogP contribution is 2.44. The lowest BCUT2D eigenvalue weighted by Crippen LogP contribution is -2.39. The molecule has 4 heterocycles. The van der Waals surface area contributed by atoms with Crippen LogP contribution in [0.5, 0.6) is 0 Å². The fourth-order valence-electron chi connectivity index (χ4n) is 7.85. The Morgan fingerprint density at radius 3 is 2.55 bits per heavy atom. The number of furan rings is 1. The number of amides is 1. The van der Waals surface area contributed by atoms with Crippen molar-refractivity contribution < 1.29 is 9.21 Å². The van der Waals surface area contributed by atoms with Crippen LogP contribution in [0, 0.1) is 24.7 Å². The molecule has 2 aliphatic heterocycles. The van der Waals surface area contributed by atoms with Crippen molar-refractivity contribution in [1.82, 2.24) is 9.47 Å². The fraction of sp³-hybridized carbons (Fsp3) is 0.500. The summed E-state index contributed by atoms with van der Waals surface area (Å²) in [6.45, 7) is 8.42. The molecule has 2 aromatic heterocycles. The Labute approximate surface area is 236 Å². The molecule has 0 spiro atoms. The number of rotatable bonds is 5. The minimum Gasteiger partial charge on any atom is -0.454 e. The van der Waals surface area contributed by atoms with Crippen molar-refractivity contribution in [2.45, 2.75) is 71.0 Å². The van der Waals surface area contributed by atoms with Crippen molar-refractivity contribution in [3.63, 3.8) is 0 Å². The normalized spacial score (nSPS) is 25.1. The Kier molecular flexibility index (Phi) is 5.60. The number of benzene rings is 2. The standard InChI is InChI=1S/C34H40N4O2/c1-20-25-7-10-29(20)38(19-25)34(39)24-6-9-28-21(2)33(40-32(28)16-24)31-15-23-5-8-27(36-13-11-26(35)12-14-36)17-30(23)37(31)18-22-3-4-22/h5-6,8-9,15-17,20,22,25-26,29H,3-4,7,10-14,18-19,35H2,1-2H3/t20-,25?,29?/m1/s1. The maximum Gasteiger partial charge on any atom is 0.254 e. The number of likely N-dealkylation sites (tertiary alicyclic amines) is 1. The molecule has 2 saturated heterocycles. The summed E-state index contributed by atoms with van der Waals surface area (Å²) in [5, 5.41) is 2.35. The summed E-state index contributed by atoms with van der Waals surface area (Å²) in [4.78, 5) is 18.1. The summed E-state index contributed by atoms with van der Waals surface area (Å²) in [7, 11) is 0. The molecule has 40 heavy (non-hydrogen) atoms. The first-order chi connectivity index (χ1) is 19.4. The average molecular weight is 537 g/mol. The zero-order valence-electron chi connectivity index (χ0n) is 23.7. The predicted molar refractivity (Wildman–Crippen MR) is 161 cm³/mol. The topological polar surface area (TPSA) is 67.6 Å². The highest BCUT2D eigenvalue weighted by molar-refractivity contribution is 6.00. The van der Waals surface area contributed by atoms with Crippen LogP contribution >= 0.6 is 0 Å². The minimum atomic E-state index is 0.158. The van der Waals surface area contributed by atoms with Gasteiger partial charge in [-0.1, -0.05) is 19.1 Å². The third-order valence-electron chi connectivity index (χ3n) is 10.6. The van der Waals surface area contributed by atoms with Crippen molar-refractivity contribution in [2.75, 3.05) is 24.5 Å². The van der Waals surface area contributed by atoms with E-state index >= 15 is 0 Å². The molecule has 6 heteroatoms. The molecule has 2 bridgehead atoms. The lowest BCUT2D eigenvalue weighted by atomic mass is 10.0. The molecule has 208 valence electrons. The van der Waals surface area contributed by atoms with Crippen LogP contribution in [0.1, 0.15) is 61.4 Å². The highest BCUT2D eigenvalue weighted by Gasteiger charge is 2.46. The zero-order valence-corrected chi connectivity index (χ0v) is 23.7. The molecule has 4 fully saturated rings. The third kappa shape index (κ3) is 3.90. The number of aromatic nitrogens is 1.